The highest BCUT2D eigenvalue weighted by atomic mass is 15.0. The van der Waals surface area contributed by atoms with E-state index in [9.17, 15) is 0 Å². The normalized spacial score (nSPS) is 13.1. The summed E-state index contributed by atoms with van der Waals surface area (Å²) in [7, 11) is 2.06. The van der Waals surface area contributed by atoms with Gasteiger partial charge in [0.2, 0.25) is 0 Å². The average Bonchev–Trinajstić information content (AvgIpc) is 2.64. The van der Waals surface area contributed by atoms with Crippen LogP contribution in [-0.4, -0.2) is 28.7 Å². The van der Waals surface area contributed by atoms with Crippen LogP contribution in [0.15, 0.2) is 18.2 Å². The molecule has 0 bridgehead atoms. The molecule has 0 aliphatic heterocycles. The van der Waals surface area contributed by atoms with E-state index in [0.29, 0.717) is 0 Å². The van der Waals surface area contributed by atoms with Crippen LogP contribution in [0.5, 0.6) is 0 Å². The summed E-state index contributed by atoms with van der Waals surface area (Å²) in [5.74, 6) is 1.06. The molecule has 19 heavy (non-hydrogen) atoms. The number of aryl methyl sites for hydroxylation is 2. The highest BCUT2D eigenvalue weighted by Crippen LogP contribution is 2.16. The Bertz CT molecular complexity index is 542. The van der Waals surface area contributed by atoms with Gasteiger partial charge in [-0.2, -0.15) is 0 Å². The second kappa shape index (κ2) is 6.17. The second-order valence-corrected chi connectivity index (χ2v) is 5.31. The van der Waals surface area contributed by atoms with Gasteiger partial charge in [0.25, 0.3) is 0 Å². The lowest BCUT2D eigenvalue weighted by atomic mass is 10.1. The van der Waals surface area contributed by atoms with Gasteiger partial charge >= 0.3 is 0 Å². The number of nitrogens with zero attached hydrogens (tertiary/aromatic N) is 2. The molecule has 1 heterocycles. The number of hydrogen-bond donors (Lipinski definition) is 2. The smallest absolute Gasteiger partial charge is 0.106 e. The first-order valence-corrected chi connectivity index (χ1v) is 6.96. The number of hydrogen-bond acceptors (Lipinski definition) is 3. The first kappa shape index (κ1) is 14.0. The molecule has 104 valence electrons. The third kappa shape index (κ3) is 3.55. The van der Waals surface area contributed by atoms with Crippen molar-refractivity contribution in [1.82, 2.24) is 14.9 Å². The highest BCUT2D eigenvalue weighted by molar-refractivity contribution is 5.76. The molecule has 0 spiro atoms. The Hall–Kier alpha value is -1.39. The molecule has 0 fully saturated rings. The fourth-order valence-electron chi connectivity index (χ4n) is 2.21. The van der Waals surface area contributed by atoms with E-state index in [1.165, 1.54) is 11.1 Å². The zero-order valence-electron chi connectivity index (χ0n) is 12.1. The molecule has 3 N–H and O–H groups in total. The maximum absolute atomic E-state index is 5.71. The van der Waals surface area contributed by atoms with E-state index in [1.54, 1.807) is 0 Å². The summed E-state index contributed by atoms with van der Waals surface area (Å²) in [5, 5.41) is 3.42. The number of fused-ring (bicyclic) bond motifs is 1. The van der Waals surface area contributed by atoms with Crippen LogP contribution in [0.2, 0.25) is 0 Å². The molecule has 1 atom stereocenters. The number of benzene rings is 1. The van der Waals surface area contributed by atoms with Crippen LogP contribution >= 0.6 is 0 Å². The van der Waals surface area contributed by atoms with Gasteiger partial charge in [-0.05, 0) is 57.5 Å². The van der Waals surface area contributed by atoms with Crippen molar-refractivity contribution < 1.29 is 0 Å². The fraction of sp³-hybridized carbons (Fsp3) is 0.533. The lowest BCUT2D eigenvalue weighted by Gasteiger charge is -2.07. The summed E-state index contributed by atoms with van der Waals surface area (Å²) < 4.78 is 2.12. The van der Waals surface area contributed by atoms with Crippen molar-refractivity contribution in [3.05, 3.63) is 29.6 Å². The maximum atomic E-state index is 5.71. The molecule has 1 aromatic heterocycles. The summed E-state index contributed by atoms with van der Waals surface area (Å²) in [6.07, 6.45) is 2.06. The summed E-state index contributed by atoms with van der Waals surface area (Å²) in [6.45, 7) is 6.06. The van der Waals surface area contributed by atoms with E-state index in [0.717, 1.165) is 37.3 Å². The third-order valence-corrected chi connectivity index (χ3v) is 3.54. The van der Waals surface area contributed by atoms with Crippen molar-refractivity contribution in [3.8, 4) is 0 Å². The van der Waals surface area contributed by atoms with E-state index in [2.05, 4.69) is 40.1 Å². The van der Waals surface area contributed by atoms with Gasteiger partial charge in [0, 0.05) is 13.1 Å². The third-order valence-electron chi connectivity index (χ3n) is 3.54. The van der Waals surface area contributed by atoms with E-state index in [-0.39, 0.29) is 6.04 Å². The van der Waals surface area contributed by atoms with Crippen LogP contribution in [0, 0.1) is 6.92 Å². The van der Waals surface area contributed by atoms with Crippen LogP contribution in [0.3, 0.4) is 0 Å². The summed E-state index contributed by atoms with van der Waals surface area (Å²) in [4.78, 5) is 4.57. The van der Waals surface area contributed by atoms with Crippen LogP contribution in [0.4, 0.5) is 0 Å². The molecule has 0 saturated carbocycles. The van der Waals surface area contributed by atoms with Crippen molar-refractivity contribution >= 4 is 11.0 Å². The number of aromatic nitrogens is 2. The lowest BCUT2D eigenvalue weighted by Crippen LogP contribution is -2.25. The largest absolute Gasteiger partial charge is 0.331 e. The Kier molecular flexibility index (Phi) is 4.56. The van der Waals surface area contributed by atoms with Crippen molar-refractivity contribution in [1.29, 1.82) is 0 Å². The molecule has 4 heteroatoms. The number of imidazole rings is 1. The van der Waals surface area contributed by atoms with Crippen LogP contribution < -0.4 is 11.1 Å². The second-order valence-electron chi connectivity index (χ2n) is 5.31. The van der Waals surface area contributed by atoms with Crippen molar-refractivity contribution in [2.24, 2.45) is 12.8 Å². The molecule has 1 aromatic carbocycles. The first-order chi connectivity index (χ1) is 9.08. The fourth-order valence-corrected chi connectivity index (χ4v) is 2.21. The number of nitrogens with one attached hydrogen (secondary N) is 1. The zero-order chi connectivity index (χ0) is 13.8. The monoisotopic (exact) mass is 260 g/mol. The Morgan fingerprint density at radius 3 is 2.89 bits per heavy atom. The SMILES string of the molecule is Cc1nc2cc(CCNCCC(C)N)ccc2n1C. The Labute approximate surface area is 115 Å². The van der Waals surface area contributed by atoms with E-state index in [4.69, 9.17) is 5.73 Å². The van der Waals surface area contributed by atoms with E-state index < -0.39 is 0 Å². The van der Waals surface area contributed by atoms with Gasteiger partial charge in [-0.3, -0.25) is 0 Å². The zero-order valence-corrected chi connectivity index (χ0v) is 12.1. The van der Waals surface area contributed by atoms with Gasteiger partial charge in [0.15, 0.2) is 0 Å². The minimum absolute atomic E-state index is 0.278. The molecule has 0 aliphatic carbocycles. The first-order valence-electron chi connectivity index (χ1n) is 6.96. The van der Waals surface area contributed by atoms with Crippen molar-refractivity contribution in [2.75, 3.05) is 13.1 Å². The average molecular weight is 260 g/mol. The molecule has 2 rings (SSSR count). The topological polar surface area (TPSA) is 55.9 Å². The Morgan fingerprint density at radius 2 is 2.16 bits per heavy atom. The summed E-state index contributed by atoms with van der Waals surface area (Å²) in [5.41, 5.74) is 9.34. The van der Waals surface area contributed by atoms with Crippen molar-refractivity contribution in [2.45, 2.75) is 32.7 Å². The summed E-state index contributed by atoms with van der Waals surface area (Å²) >= 11 is 0. The van der Waals surface area contributed by atoms with Gasteiger partial charge in [0.1, 0.15) is 5.82 Å². The van der Waals surface area contributed by atoms with Crippen LogP contribution in [-0.2, 0) is 13.5 Å². The molecule has 0 amide bonds. The Morgan fingerprint density at radius 1 is 1.37 bits per heavy atom. The van der Waals surface area contributed by atoms with E-state index in [1.807, 2.05) is 13.8 Å². The molecule has 0 radical (unpaired) electrons. The molecule has 1 unspecified atom stereocenters. The predicted octanol–water partition coefficient (Wildman–Crippen LogP) is 1.75. The molecular formula is C15H24N4. The van der Waals surface area contributed by atoms with Crippen LogP contribution in [0.25, 0.3) is 11.0 Å². The molecule has 4 nitrogen and oxygen atoms in total. The van der Waals surface area contributed by atoms with Crippen molar-refractivity contribution in [3.63, 3.8) is 0 Å². The maximum Gasteiger partial charge on any atom is 0.106 e. The van der Waals surface area contributed by atoms with Gasteiger partial charge in [-0.1, -0.05) is 6.07 Å². The molecule has 0 aliphatic rings. The number of rotatable bonds is 6. The van der Waals surface area contributed by atoms with Gasteiger partial charge in [0.05, 0.1) is 11.0 Å². The Balaban J connectivity index is 1.91. The highest BCUT2D eigenvalue weighted by Gasteiger charge is 2.04. The minimum atomic E-state index is 0.278. The predicted molar refractivity (Wildman–Crippen MR) is 80.3 cm³/mol. The quantitative estimate of drug-likeness (QED) is 0.778. The van der Waals surface area contributed by atoms with E-state index >= 15 is 0 Å². The lowest BCUT2D eigenvalue weighted by molar-refractivity contribution is 0.590. The summed E-state index contributed by atoms with van der Waals surface area (Å²) in [6, 6.07) is 6.82. The number of nitrogens with two attached hydrogens (primary N) is 1. The van der Waals surface area contributed by atoms with Gasteiger partial charge < -0.3 is 15.6 Å². The molecule has 0 saturated heterocycles. The molecule has 2 aromatic rings. The molecular weight excluding hydrogens is 236 g/mol. The van der Waals surface area contributed by atoms with Crippen LogP contribution in [0.1, 0.15) is 24.7 Å². The van der Waals surface area contributed by atoms with Gasteiger partial charge in [-0.25, -0.2) is 4.98 Å². The minimum Gasteiger partial charge on any atom is -0.331 e. The standard InChI is InChI=1S/C15H24N4/c1-11(16)6-8-17-9-7-13-4-5-15-14(10-13)18-12(2)19(15)3/h4-5,10-11,17H,6-9,16H2,1-3H3. The van der Waals surface area contributed by atoms with Gasteiger partial charge in [-0.15, -0.1) is 0 Å².